The number of aromatic nitrogens is 2. The van der Waals surface area contributed by atoms with Gasteiger partial charge in [0.1, 0.15) is 12.4 Å². The normalized spacial score (nSPS) is 11.0. The SMILES string of the molecule is CCOC(=O)c1ccc2nc(COC)n(Cc3ccc(-c4ccccc4)cc3)c2c1. The Kier molecular flexibility index (Phi) is 5.91. The van der Waals surface area contributed by atoms with Crippen LogP contribution in [-0.2, 0) is 22.6 Å². The van der Waals surface area contributed by atoms with Gasteiger partial charge in [-0.1, -0.05) is 54.6 Å². The molecule has 4 aromatic rings. The van der Waals surface area contributed by atoms with Crippen molar-refractivity contribution in [3.8, 4) is 11.1 Å². The fourth-order valence-electron chi connectivity index (χ4n) is 3.55. The van der Waals surface area contributed by atoms with Gasteiger partial charge in [0, 0.05) is 13.7 Å². The smallest absolute Gasteiger partial charge is 0.338 e. The zero-order valence-electron chi connectivity index (χ0n) is 17.2. The minimum absolute atomic E-state index is 0.326. The van der Waals surface area contributed by atoms with Crippen molar-refractivity contribution in [2.75, 3.05) is 13.7 Å². The third-order valence-corrected chi connectivity index (χ3v) is 5.01. The topological polar surface area (TPSA) is 53.4 Å². The van der Waals surface area contributed by atoms with Crippen LogP contribution in [0.1, 0.15) is 28.7 Å². The van der Waals surface area contributed by atoms with Crippen LogP contribution < -0.4 is 0 Å². The van der Waals surface area contributed by atoms with Crippen LogP contribution in [0.3, 0.4) is 0 Å². The zero-order chi connectivity index (χ0) is 20.9. The second-order valence-corrected chi connectivity index (χ2v) is 7.03. The summed E-state index contributed by atoms with van der Waals surface area (Å²) in [5.41, 5.74) is 5.75. The molecule has 152 valence electrons. The maximum absolute atomic E-state index is 12.2. The predicted octanol–water partition coefficient (Wildman–Crippen LogP) is 5.07. The molecule has 3 aromatic carbocycles. The number of esters is 1. The predicted molar refractivity (Wildman–Crippen MR) is 117 cm³/mol. The average Bonchev–Trinajstić information content (AvgIpc) is 3.11. The van der Waals surface area contributed by atoms with Crippen molar-refractivity contribution >= 4 is 17.0 Å². The highest BCUT2D eigenvalue weighted by molar-refractivity contribution is 5.93. The molecule has 4 rings (SSSR count). The molecule has 1 heterocycles. The minimum atomic E-state index is -0.326. The molecule has 0 radical (unpaired) electrons. The summed E-state index contributed by atoms with van der Waals surface area (Å²) in [5, 5.41) is 0. The van der Waals surface area contributed by atoms with Crippen LogP contribution in [0.15, 0.2) is 72.8 Å². The number of rotatable bonds is 7. The van der Waals surface area contributed by atoms with Crippen LogP contribution in [0.5, 0.6) is 0 Å². The highest BCUT2D eigenvalue weighted by Crippen LogP contribution is 2.23. The van der Waals surface area contributed by atoms with Crippen molar-refractivity contribution in [3.63, 3.8) is 0 Å². The van der Waals surface area contributed by atoms with E-state index >= 15 is 0 Å². The van der Waals surface area contributed by atoms with E-state index < -0.39 is 0 Å². The molecule has 0 saturated carbocycles. The quantitative estimate of drug-likeness (QED) is 0.406. The Labute approximate surface area is 175 Å². The van der Waals surface area contributed by atoms with Gasteiger partial charge in [0.15, 0.2) is 0 Å². The lowest BCUT2D eigenvalue weighted by atomic mass is 10.0. The third-order valence-electron chi connectivity index (χ3n) is 5.01. The number of nitrogens with zero attached hydrogens (tertiary/aromatic N) is 2. The number of hydrogen-bond acceptors (Lipinski definition) is 4. The van der Waals surface area contributed by atoms with Crippen molar-refractivity contribution < 1.29 is 14.3 Å². The number of benzene rings is 3. The number of imidazole rings is 1. The van der Waals surface area contributed by atoms with E-state index in [1.165, 1.54) is 11.1 Å². The Bertz CT molecular complexity index is 1150. The lowest BCUT2D eigenvalue weighted by Gasteiger charge is -2.11. The number of hydrogen-bond donors (Lipinski definition) is 0. The van der Waals surface area contributed by atoms with E-state index in [9.17, 15) is 4.79 Å². The molecule has 0 spiro atoms. The molecule has 0 aliphatic carbocycles. The summed E-state index contributed by atoms with van der Waals surface area (Å²) in [6, 6.07) is 24.3. The summed E-state index contributed by atoms with van der Waals surface area (Å²) in [6.45, 7) is 3.18. The van der Waals surface area contributed by atoms with Crippen molar-refractivity contribution in [2.24, 2.45) is 0 Å². The van der Waals surface area contributed by atoms with Gasteiger partial charge in [-0.3, -0.25) is 0 Å². The molecule has 0 aliphatic rings. The second kappa shape index (κ2) is 8.93. The Morgan fingerprint density at radius 1 is 0.967 bits per heavy atom. The molecule has 0 bridgehead atoms. The molecule has 5 heteroatoms. The van der Waals surface area contributed by atoms with Crippen molar-refractivity contribution in [1.29, 1.82) is 0 Å². The van der Waals surface area contributed by atoms with Crippen LogP contribution >= 0.6 is 0 Å². The highest BCUT2D eigenvalue weighted by atomic mass is 16.5. The third kappa shape index (κ3) is 4.11. The zero-order valence-corrected chi connectivity index (χ0v) is 17.2. The van der Waals surface area contributed by atoms with E-state index in [0.717, 1.165) is 22.4 Å². The molecule has 0 amide bonds. The summed E-state index contributed by atoms with van der Waals surface area (Å²) >= 11 is 0. The van der Waals surface area contributed by atoms with E-state index in [2.05, 4.69) is 41.0 Å². The summed E-state index contributed by atoms with van der Waals surface area (Å²) < 4.78 is 12.6. The molecule has 1 aromatic heterocycles. The Balaban J connectivity index is 1.68. The Morgan fingerprint density at radius 3 is 2.40 bits per heavy atom. The fraction of sp³-hybridized carbons (Fsp3) is 0.200. The van der Waals surface area contributed by atoms with Crippen molar-refractivity contribution in [2.45, 2.75) is 20.1 Å². The molecule has 0 saturated heterocycles. The molecular weight excluding hydrogens is 376 g/mol. The van der Waals surface area contributed by atoms with Crippen LogP contribution in [0.25, 0.3) is 22.2 Å². The largest absolute Gasteiger partial charge is 0.462 e. The first kappa shape index (κ1) is 19.9. The lowest BCUT2D eigenvalue weighted by molar-refractivity contribution is 0.0526. The van der Waals surface area contributed by atoms with Crippen LogP contribution in [-0.4, -0.2) is 29.2 Å². The first-order valence-electron chi connectivity index (χ1n) is 9.99. The molecular formula is C25H24N2O3. The molecule has 0 N–H and O–H groups in total. The maximum atomic E-state index is 12.2. The van der Waals surface area contributed by atoms with Gasteiger partial charge in [0.05, 0.1) is 23.2 Å². The molecule has 0 aliphatic heterocycles. The van der Waals surface area contributed by atoms with E-state index in [1.807, 2.05) is 30.3 Å². The van der Waals surface area contributed by atoms with Crippen LogP contribution in [0, 0.1) is 0 Å². The molecule has 30 heavy (non-hydrogen) atoms. The number of carbonyl (C=O) groups excluding carboxylic acids is 1. The van der Waals surface area contributed by atoms with Gasteiger partial charge in [-0.25, -0.2) is 9.78 Å². The number of methoxy groups -OCH3 is 1. The molecule has 0 unspecified atom stereocenters. The van der Waals surface area contributed by atoms with Gasteiger partial charge in [-0.05, 0) is 41.8 Å². The van der Waals surface area contributed by atoms with E-state index in [4.69, 9.17) is 14.5 Å². The van der Waals surface area contributed by atoms with Gasteiger partial charge in [-0.15, -0.1) is 0 Å². The molecule has 0 fully saturated rings. The van der Waals surface area contributed by atoms with Crippen molar-refractivity contribution in [1.82, 2.24) is 9.55 Å². The van der Waals surface area contributed by atoms with Crippen molar-refractivity contribution in [3.05, 3.63) is 89.7 Å². The Morgan fingerprint density at radius 2 is 1.70 bits per heavy atom. The Hall–Kier alpha value is -3.44. The fourth-order valence-corrected chi connectivity index (χ4v) is 3.55. The average molecular weight is 400 g/mol. The van der Waals surface area contributed by atoms with Crippen LogP contribution in [0.2, 0.25) is 0 Å². The van der Waals surface area contributed by atoms with E-state index in [1.54, 1.807) is 20.1 Å². The summed E-state index contributed by atoms with van der Waals surface area (Å²) in [7, 11) is 1.66. The number of fused-ring (bicyclic) bond motifs is 1. The van der Waals surface area contributed by atoms with Gasteiger partial charge in [0.2, 0.25) is 0 Å². The number of ether oxygens (including phenoxy) is 2. The van der Waals surface area contributed by atoms with Gasteiger partial charge >= 0.3 is 5.97 Å². The molecule has 0 atom stereocenters. The molecule has 5 nitrogen and oxygen atoms in total. The summed E-state index contributed by atoms with van der Waals surface area (Å²) in [4.78, 5) is 16.9. The summed E-state index contributed by atoms with van der Waals surface area (Å²) in [5.74, 6) is 0.494. The maximum Gasteiger partial charge on any atom is 0.338 e. The van der Waals surface area contributed by atoms with E-state index in [-0.39, 0.29) is 5.97 Å². The highest BCUT2D eigenvalue weighted by Gasteiger charge is 2.15. The monoisotopic (exact) mass is 400 g/mol. The van der Waals surface area contributed by atoms with Gasteiger partial charge < -0.3 is 14.0 Å². The van der Waals surface area contributed by atoms with Gasteiger partial charge in [-0.2, -0.15) is 0 Å². The summed E-state index contributed by atoms with van der Waals surface area (Å²) in [6.07, 6.45) is 0. The number of carbonyl (C=O) groups is 1. The minimum Gasteiger partial charge on any atom is -0.462 e. The second-order valence-electron chi connectivity index (χ2n) is 7.03. The lowest BCUT2D eigenvalue weighted by Crippen LogP contribution is -2.07. The van der Waals surface area contributed by atoms with Gasteiger partial charge in [0.25, 0.3) is 0 Å². The standard InChI is InChI=1S/C25H24N2O3/c1-3-30-25(28)21-13-14-22-23(15-21)27(24(26-22)17-29-2)16-18-9-11-20(12-10-18)19-7-5-4-6-8-19/h4-15H,3,16-17H2,1-2H3. The first-order valence-corrected chi connectivity index (χ1v) is 9.99. The first-order chi connectivity index (χ1) is 14.7. The van der Waals surface area contributed by atoms with Crippen LogP contribution in [0.4, 0.5) is 0 Å². The van der Waals surface area contributed by atoms with E-state index in [0.29, 0.717) is 25.3 Å².